The summed E-state index contributed by atoms with van der Waals surface area (Å²) in [6, 6.07) is 23.0. The Bertz CT molecular complexity index is 1570. The van der Waals surface area contributed by atoms with E-state index < -0.39 is 18.2 Å². The maximum Gasteiger partial charge on any atom is 0.316 e. The number of nitrogens with two attached hydrogens (primary N) is 1. The van der Waals surface area contributed by atoms with Gasteiger partial charge in [0.1, 0.15) is 18.0 Å². The molecule has 3 aromatic carbocycles. The zero-order valence-electron chi connectivity index (χ0n) is 23.8. The van der Waals surface area contributed by atoms with Crippen molar-refractivity contribution in [2.45, 2.75) is 31.7 Å². The lowest BCUT2D eigenvalue weighted by Gasteiger charge is -2.46. The molecule has 1 fully saturated rings. The largest absolute Gasteiger partial charge is 0.508 e. The van der Waals surface area contributed by atoms with Gasteiger partial charge in [-0.2, -0.15) is 0 Å². The molecule has 222 valence electrons. The zero-order chi connectivity index (χ0) is 30.2. The van der Waals surface area contributed by atoms with Gasteiger partial charge in [0.05, 0.1) is 13.1 Å². The number of urea groups is 1. The molecule has 0 spiro atoms. The number of benzene rings is 3. The Morgan fingerprint density at radius 1 is 1.02 bits per heavy atom. The van der Waals surface area contributed by atoms with Crippen molar-refractivity contribution in [2.75, 3.05) is 19.6 Å². The number of nitrogens with zero attached hydrogens (tertiary/aromatic N) is 2. The van der Waals surface area contributed by atoms with E-state index in [2.05, 4.69) is 28.7 Å². The molecule has 9 nitrogen and oxygen atoms in total. The molecule has 1 saturated heterocycles. The highest BCUT2D eigenvalue weighted by molar-refractivity contribution is 7.17. The van der Waals surface area contributed by atoms with E-state index in [1.807, 2.05) is 53.8 Å². The number of carbonyl (C=O) groups excluding carboxylic acids is 3. The van der Waals surface area contributed by atoms with Crippen molar-refractivity contribution in [3.05, 3.63) is 114 Å². The third kappa shape index (κ3) is 7.40. The molecular weight excluding hydrogens is 562 g/mol. The van der Waals surface area contributed by atoms with Crippen molar-refractivity contribution in [3.8, 4) is 5.75 Å². The average Bonchev–Trinajstić information content (AvgIpc) is 3.42. The summed E-state index contributed by atoms with van der Waals surface area (Å²) in [5.41, 5.74) is 2.75. The first kappa shape index (κ1) is 29.8. The van der Waals surface area contributed by atoms with Crippen LogP contribution in [0.3, 0.4) is 0 Å². The van der Waals surface area contributed by atoms with Crippen LogP contribution in [0.2, 0.25) is 0 Å². The Kier molecular flexibility index (Phi) is 9.70. The summed E-state index contributed by atoms with van der Waals surface area (Å²) in [6.45, 7) is 5.18. The number of amides is 4. The molecule has 0 saturated carbocycles. The summed E-state index contributed by atoms with van der Waals surface area (Å²) < 4.78 is 1.13. The van der Waals surface area contributed by atoms with E-state index in [0.717, 1.165) is 26.8 Å². The van der Waals surface area contributed by atoms with E-state index in [-0.39, 0.29) is 37.1 Å². The number of piperazine rings is 1. The Labute approximate surface area is 254 Å². The topological polar surface area (TPSA) is 119 Å². The molecule has 0 bridgehead atoms. The maximum atomic E-state index is 14.2. The summed E-state index contributed by atoms with van der Waals surface area (Å²) in [6.07, 6.45) is 1.18. The standard InChI is InChI=1S/C33H35N5O4S/c1-2-16-34-19-31(40)38-28(17-23-12-14-26(39)15-13-23)32(41)37(20-25-22-43-29-11-7-6-10-27(25)29)21-30(38)36-33(42)35-18-24-8-4-3-5-9-24/h2-15,22,28,30,34,39H,1,16-21H2,(H2,35,36,42)/p+1/t28-,30+/m0/s1. The van der Waals surface area contributed by atoms with Crippen LogP contribution in [0.1, 0.15) is 16.7 Å². The first-order valence-corrected chi connectivity index (χ1v) is 15.1. The highest BCUT2D eigenvalue weighted by atomic mass is 32.1. The monoisotopic (exact) mass is 598 g/mol. The highest BCUT2D eigenvalue weighted by Crippen LogP contribution is 2.29. The first-order chi connectivity index (χ1) is 20.9. The van der Waals surface area contributed by atoms with Crippen LogP contribution in [-0.4, -0.2) is 64.6 Å². The van der Waals surface area contributed by atoms with Gasteiger partial charge in [0.25, 0.3) is 5.91 Å². The van der Waals surface area contributed by atoms with E-state index in [9.17, 15) is 19.5 Å². The zero-order valence-corrected chi connectivity index (χ0v) is 24.6. The molecule has 5 N–H and O–H groups in total. The number of phenolic OH excluding ortho intramolecular Hbond substituents is 1. The van der Waals surface area contributed by atoms with Crippen LogP contribution in [0, 0.1) is 0 Å². The van der Waals surface area contributed by atoms with Crippen LogP contribution in [0.5, 0.6) is 5.75 Å². The molecule has 2 atom stereocenters. The smallest absolute Gasteiger partial charge is 0.316 e. The molecule has 1 aliphatic heterocycles. The van der Waals surface area contributed by atoms with Crippen molar-refractivity contribution in [1.29, 1.82) is 0 Å². The van der Waals surface area contributed by atoms with Crippen LogP contribution in [-0.2, 0) is 29.1 Å². The minimum Gasteiger partial charge on any atom is -0.508 e. The first-order valence-electron chi connectivity index (χ1n) is 14.3. The second kappa shape index (κ2) is 14.0. The fourth-order valence-electron chi connectivity index (χ4n) is 5.35. The van der Waals surface area contributed by atoms with E-state index >= 15 is 0 Å². The number of quaternary nitrogens is 1. The predicted molar refractivity (Wildman–Crippen MR) is 167 cm³/mol. The fourth-order valence-corrected chi connectivity index (χ4v) is 6.31. The van der Waals surface area contributed by atoms with Gasteiger partial charge in [-0.25, -0.2) is 4.79 Å². The summed E-state index contributed by atoms with van der Waals surface area (Å²) in [4.78, 5) is 44.3. The molecular formula is C33H36N5O4S+. The number of hydrogen-bond acceptors (Lipinski definition) is 5. The summed E-state index contributed by atoms with van der Waals surface area (Å²) >= 11 is 1.62. The van der Waals surface area contributed by atoms with Crippen molar-refractivity contribution >= 4 is 39.3 Å². The van der Waals surface area contributed by atoms with Gasteiger partial charge in [-0.15, -0.1) is 11.3 Å². The van der Waals surface area contributed by atoms with E-state index in [4.69, 9.17) is 0 Å². The third-order valence-corrected chi connectivity index (χ3v) is 8.50. The lowest BCUT2D eigenvalue weighted by Crippen LogP contribution is -2.87. The molecule has 0 aliphatic carbocycles. The number of nitrogens with one attached hydrogen (secondary N) is 2. The van der Waals surface area contributed by atoms with Crippen molar-refractivity contribution in [2.24, 2.45) is 0 Å². The van der Waals surface area contributed by atoms with Crippen molar-refractivity contribution in [1.82, 2.24) is 20.4 Å². The number of carbonyl (C=O) groups is 3. The van der Waals surface area contributed by atoms with Gasteiger partial charge in [-0.1, -0.05) is 67.2 Å². The average molecular weight is 599 g/mol. The quantitative estimate of drug-likeness (QED) is 0.157. The lowest BCUT2D eigenvalue weighted by molar-refractivity contribution is -0.635. The fraction of sp³-hybridized carbons (Fsp3) is 0.242. The molecule has 1 aromatic heterocycles. The van der Waals surface area contributed by atoms with Crippen molar-refractivity contribution < 1.29 is 24.8 Å². The predicted octanol–water partition coefficient (Wildman–Crippen LogP) is 2.96. The van der Waals surface area contributed by atoms with Crippen LogP contribution < -0.4 is 16.0 Å². The van der Waals surface area contributed by atoms with Gasteiger partial charge >= 0.3 is 6.03 Å². The molecule has 0 radical (unpaired) electrons. The Balaban J connectivity index is 1.44. The Morgan fingerprint density at radius 2 is 1.77 bits per heavy atom. The molecule has 0 unspecified atom stereocenters. The van der Waals surface area contributed by atoms with Gasteiger partial charge in [-0.05, 0) is 51.7 Å². The summed E-state index contributed by atoms with van der Waals surface area (Å²) in [5, 5.41) is 20.6. The van der Waals surface area contributed by atoms with Crippen LogP contribution >= 0.6 is 11.3 Å². The van der Waals surface area contributed by atoms with Crippen LogP contribution in [0.15, 0.2) is 96.9 Å². The highest BCUT2D eigenvalue weighted by Gasteiger charge is 2.44. The minimum atomic E-state index is -0.854. The van der Waals surface area contributed by atoms with Gasteiger partial charge < -0.3 is 30.9 Å². The van der Waals surface area contributed by atoms with Crippen LogP contribution in [0.25, 0.3) is 10.1 Å². The van der Waals surface area contributed by atoms with E-state index in [0.29, 0.717) is 19.6 Å². The molecule has 43 heavy (non-hydrogen) atoms. The normalized spacial score (nSPS) is 16.7. The van der Waals surface area contributed by atoms with Gasteiger partial charge in [0, 0.05) is 24.2 Å². The number of phenols is 1. The van der Waals surface area contributed by atoms with Gasteiger partial charge in [0.15, 0.2) is 6.54 Å². The summed E-state index contributed by atoms with van der Waals surface area (Å²) in [7, 11) is 0. The van der Waals surface area contributed by atoms with E-state index in [1.165, 1.54) is 4.90 Å². The number of rotatable bonds is 11. The van der Waals surface area contributed by atoms with Gasteiger partial charge in [0.2, 0.25) is 5.91 Å². The number of fused-ring (bicyclic) bond motifs is 1. The molecule has 10 heteroatoms. The molecule has 4 amide bonds. The second-order valence-corrected chi connectivity index (χ2v) is 11.4. The molecule has 1 aliphatic rings. The number of aromatic hydroxyl groups is 1. The molecule has 2 heterocycles. The van der Waals surface area contributed by atoms with Crippen molar-refractivity contribution in [3.63, 3.8) is 0 Å². The number of hydrogen-bond donors (Lipinski definition) is 4. The molecule has 4 aromatic rings. The Morgan fingerprint density at radius 3 is 2.53 bits per heavy atom. The second-order valence-electron chi connectivity index (χ2n) is 10.5. The molecule has 5 rings (SSSR count). The van der Waals surface area contributed by atoms with Crippen LogP contribution in [0.4, 0.5) is 4.79 Å². The maximum absolute atomic E-state index is 14.2. The summed E-state index contributed by atoms with van der Waals surface area (Å²) in [5.74, 6) is -0.331. The van der Waals surface area contributed by atoms with E-state index in [1.54, 1.807) is 46.6 Å². The minimum absolute atomic E-state index is 0.102. The third-order valence-electron chi connectivity index (χ3n) is 7.48. The lowest BCUT2D eigenvalue weighted by atomic mass is 9.99. The number of thiophene rings is 1. The van der Waals surface area contributed by atoms with Gasteiger partial charge in [-0.3, -0.25) is 9.59 Å². The SMILES string of the molecule is C=CC[NH2+]CC(=O)N1[C@@H](NC(=O)NCc2ccccc2)CN(Cc2csc3ccccc23)C(=O)[C@@H]1Cc1ccc(O)cc1. The Hall–Kier alpha value is -4.67.